The van der Waals surface area contributed by atoms with Crippen molar-refractivity contribution in [2.75, 3.05) is 52.5 Å². The fourth-order valence-corrected chi connectivity index (χ4v) is 3.98. The third-order valence-corrected chi connectivity index (χ3v) is 5.95. The number of amides is 3. The van der Waals surface area contributed by atoms with Gasteiger partial charge in [0, 0.05) is 52.2 Å². The van der Waals surface area contributed by atoms with E-state index in [4.69, 9.17) is 9.47 Å². The number of pyridine rings is 1. The number of methoxy groups -OCH3 is 2. The molecule has 1 aromatic heterocycles. The van der Waals surface area contributed by atoms with E-state index in [9.17, 15) is 19.6 Å². The first-order valence-corrected chi connectivity index (χ1v) is 12.8. The van der Waals surface area contributed by atoms with Gasteiger partial charge in [-0.2, -0.15) is 5.26 Å². The molecule has 0 atom stereocenters. The minimum absolute atomic E-state index is 0.0599. The maximum Gasteiger partial charge on any atom is 0.327 e. The van der Waals surface area contributed by atoms with Crippen molar-refractivity contribution in [3.63, 3.8) is 0 Å². The third kappa shape index (κ3) is 9.05. The molecule has 210 valence electrons. The number of nitrogens with zero attached hydrogens (tertiary/aromatic N) is 4. The summed E-state index contributed by atoms with van der Waals surface area (Å²) in [6.45, 7) is 5.22. The molecule has 11 heteroatoms. The van der Waals surface area contributed by atoms with Crippen LogP contribution in [-0.2, 0) is 27.2 Å². The van der Waals surface area contributed by atoms with E-state index in [1.54, 1.807) is 33.2 Å². The first kappa shape index (κ1) is 31.2. The van der Waals surface area contributed by atoms with E-state index < -0.39 is 6.03 Å². The van der Waals surface area contributed by atoms with Crippen molar-refractivity contribution in [1.29, 1.82) is 5.26 Å². The van der Waals surface area contributed by atoms with Crippen molar-refractivity contribution >= 4 is 24.0 Å². The molecular weight excluding hydrogens is 500 g/mol. The van der Waals surface area contributed by atoms with Crippen LogP contribution in [0.3, 0.4) is 0 Å². The molecule has 39 heavy (non-hydrogen) atoms. The van der Waals surface area contributed by atoms with Crippen molar-refractivity contribution < 1.29 is 23.9 Å². The van der Waals surface area contributed by atoms with Gasteiger partial charge in [0.1, 0.15) is 24.2 Å². The molecule has 1 aliphatic heterocycles. The quantitative estimate of drug-likeness (QED) is 0.169. The van der Waals surface area contributed by atoms with Crippen LogP contribution in [-0.4, -0.2) is 75.7 Å². The summed E-state index contributed by atoms with van der Waals surface area (Å²) in [4.78, 5) is 44.8. The molecule has 2 rings (SSSR count). The Balaban J connectivity index is 2.31. The molecule has 0 radical (unpaired) electrons. The Morgan fingerprint density at radius 3 is 2.72 bits per heavy atom. The number of nitrogens with one attached hydrogen (secondary N) is 2. The Kier molecular flexibility index (Phi) is 12.9. The highest BCUT2D eigenvalue weighted by Crippen LogP contribution is 2.28. The minimum Gasteiger partial charge on any atom is -0.383 e. The van der Waals surface area contributed by atoms with Crippen molar-refractivity contribution in [3.05, 3.63) is 58.1 Å². The number of hydrogen-bond acceptors (Lipinski definition) is 8. The zero-order valence-electron chi connectivity index (χ0n) is 23.4. The molecular formula is C28H38N6O5. The summed E-state index contributed by atoms with van der Waals surface area (Å²) >= 11 is 0. The van der Waals surface area contributed by atoms with Crippen LogP contribution in [0.25, 0.3) is 0 Å². The molecule has 0 saturated carbocycles. The van der Waals surface area contributed by atoms with Crippen LogP contribution in [0.4, 0.5) is 10.6 Å². The number of rotatable bonds is 13. The molecule has 0 bridgehead atoms. The lowest BCUT2D eigenvalue weighted by molar-refractivity contribution is -0.134. The lowest BCUT2D eigenvalue weighted by Crippen LogP contribution is -2.43. The molecule has 2 N–H and O–H groups in total. The monoisotopic (exact) mass is 538 g/mol. The highest BCUT2D eigenvalue weighted by atomic mass is 16.5. The zero-order chi connectivity index (χ0) is 28.8. The molecule has 11 nitrogen and oxygen atoms in total. The number of carbonyl (C=O) groups excluding carboxylic acids is 3. The van der Waals surface area contributed by atoms with Crippen LogP contribution in [0.1, 0.15) is 48.3 Å². The fraction of sp³-hybridized carbons (Fsp3) is 0.464. The predicted molar refractivity (Wildman–Crippen MR) is 148 cm³/mol. The summed E-state index contributed by atoms with van der Waals surface area (Å²) < 4.78 is 10.0. The number of hydrogen-bond donors (Lipinski definition) is 2. The predicted octanol–water partition coefficient (Wildman–Crippen LogP) is 2.84. The average molecular weight is 539 g/mol. The number of fused-ring (bicyclic) bond motifs is 1. The van der Waals surface area contributed by atoms with Gasteiger partial charge in [-0.15, -0.1) is 0 Å². The molecule has 1 aromatic rings. The second-order valence-corrected chi connectivity index (χ2v) is 9.00. The van der Waals surface area contributed by atoms with Gasteiger partial charge in [-0.05, 0) is 50.0 Å². The number of ether oxygens (including phenoxy) is 2. The van der Waals surface area contributed by atoms with Crippen LogP contribution in [0.15, 0.2) is 41.3 Å². The molecule has 0 saturated heterocycles. The first-order chi connectivity index (χ1) is 18.8. The van der Waals surface area contributed by atoms with Crippen molar-refractivity contribution in [2.45, 2.75) is 39.7 Å². The number of nitriles is 1. The van der Waals surface area contributed by atoms with Crippen LogP contribution >= 0.6 is 0 Å². The molecule has 3 amide bonds. The van der Waals surface area contributed by atoms with E-state index in [1.807, 2.05) is 19.1 Å². The Hall–Kier alpha value is -4.01. The summed E-state index contributed by atoms with van der Waals surface area (Å²) in [7, 11) is 4.67. The van der Waals surface area contributed by atoms with Gasteiger partial charge in [-0.1, -0.05) is 13.0 Å². The van der Waals surface area contributed by atoms with Gasteiger partial charge in [0.2, 0.25) is 5.91 Å². The van der Waals surface area contributed by atoms with Crippen LogP contribution in [0.2, 0.25) is 0 Å². The molecule has 0 spiro atoms. The second kappa shape index (κ2) is 16.1. The van der Waals surface area contributed by atoms with Crippen LogP contribution < -0.4 is 15.5 Å². The standard InChI is InChI=1S/C28H38N6O5/c1-6-7-9-22(16-29)24(30-11-13-38-4)14-20(2)31-28(37)34-12-8-10-21-15-23(25(18-35)32-27(21)34)17-33(3)26(36)19-39-5/h7,9,14-15,18,30H,6,8,10-13,17,19H2,1-5H3,(H,31,37)/b9-7+,20-14+,24-22-. The van der Waals surface area contributed by atoms with Gasteiger partial charge in [0.25, 0.3) is 0 Å². The lowest BCUT2D eigenvalue weighted by atomic mass is 10.0. The van der Waals surface area contributed by atoms with Gasteiger partial charge in [0.05, 0.1) is 17.9 Å². The van der Waals surface area contributed by atoms with Gasteiger partial charge >= 0.3 is 6.03 Å². The SMILES string of the molecule is CC/C=C/C(C#N)=C(\C=C(/C)NC(=O)N1CCCc2cc(CN(C)C(=O)COC)c(C=O)nc21)NCCOC. The number of aromatic nitrogens is 1. The van der Waals surface area contributed by atoms with Gasteiger partial charge < -0.3 is 25.0 Å². The Morgan fingerprint density at radius 2 is 2.08 bits per heavy atom. The van der Waals surface area contributed by atoms with Gasteiger partial charge in [-0.25, -0.2) is 9.78 Å². The van der Waals surface area contributed by atoms with Gasteiger partial charge in [-0.3, -0.25) is 14.5 Å². The van der Waals surface area contributed by atoms with E-state index in [2.05, 4.69) is 21.7 Å². The molecule has 0 aromatic carbocycles. The van der Waals surface area contributed by atoms with Crippen molar-refractivity contribution in [3.8, 4) is 6.07 Å². The minimum atomic E-state index is -0.395. The van der Waals surface area contributed by atoms with Crippen LogP contribution in [0.5, 0.6) is 0 Å². The molecule has 1 aliphatic rings. The van der Waals surface area contributed by atoms with Crippen molar-refractivity contribution in [2.24, 2.45) is 0 Å². The highest BCUT2D eigenvalue weighted by Gasteiger charge is 2.26. The van der Waals surface area contributed by atoms with E-state index in [1.165, 1.54) is 16.9 Å². The number of anilines is 1. The van der Waals surface area contributed by atoms with E-state index >= 15 is 0 Å². The number of likely N-dealkylation sites (N-methyl/N-ethyl adjacent to an activating group) is 1. The Bertz CT molecular complexity index is 1170. The van der Waals surface area contributed by atoms with E-state index in [-0.39, 0.29) is 24.8 Å². The van der Waals surface area contributed by atoms with Crippen LogP contribution in [0, 0.1) is 11.3 Å². The number of aldehydes is 1. The number of urea groups is 1. The Morgan fingerprint density at radius 1 is 1.31 bits per heavy atom. The fourth-order valence-electron chi connectivity index (χ4n) is 3.98. The average Bonchev–Trinajstić information content (AvgIpc) is 2.92. The maximum atomic E-state index is 13.3. The normalized spacial score (nSPS) is 13.8. The smallest absolute Gasteiger partial charge is 0.327 e. The molecule has 2 heterocycles. The zero-order valence-corrected chi connectivity index (χ0v) is 23.4. The lowest BCUT2D eigenvalue weighted by Gasteiger charge is -2.30. The first-order valence-electron chi connectivity index (χ1n) is 12.8. The molecule has 0 aliphatic carbocycles. The highest BCUT2D eigenvalue weighted by molar-refractivity contribution is 5.94. The number of aryl methyl sites for hydroxylation is 1. The third-order valence-electron chi connectivity index (χ3n) is 5.95. The summed E-state index contributed by atoms with van der Waals surface area (Å²) in [5, 5.41) is 15.7. The Labute approximate surface area is 230 Å². The van der Waals surface area contributed by atoms with Crippen molar-refractivity contribution in [1.82, 2.24) is 20.5 Å². The summed E-state index contributed by atoms with van der Waals surface area (Å²) in [6, 6.07) is 3.63. The van der Waals surface area contributed by atoms with E-state index in [0.29, 0.717) is 67.2 Å². The number of allylic oxidation sites excluding steroid dienone is 5. The largest absolute Gasteiger partial charge is 0.383 e. The van der Waals surface area contributed by atoms with E-state index in [0.717, 1.165) is 12.0 Å². The summed E-state index contributed by atoms with van der Waals surface area (Å²) in [5.74, 6) is 0.200. The topological polar surface area (TPSA) is 137 Å². The second-order valence-electron chi connectivity index (χ2n) is 9.00. The molecule has 0 unspecified atom stereocenters. The summed E-state index contributed by atoms with van der Waals surface area (Å²) in [6.07, 6.45) is 8.15. The number of carbonyl (C=O) groups is 3. The maximum absolute atomic E-state index is 13.3. The summed E-state index contributed by atoms with van der Waals surface area (Å²) in [5.41, 5.74) is 3.12. The molecule has 0 fully saturated rings. The van der Waals surface area contributed by atoms with Gasteiger partial charge in [0.15, 0.2) is 6.29 Å².